The van der Waals surface area contributed by atoms with E-state index in [0.717, 1.165) is 26.2 Å². The zero-order chi connectivity index (χ0) is 17.1. The quantitative estimate of drug-likeness (QED) is 0.539. The first-order valence-electron chi connectivity index (χ1n) is 7.59. The number of nitrogens with zero attached hydrogens (tertiary/aromatic N) is 2. The van der Waals surface area contributed by atoms with Crippen molar-refractivity contribution in [3.05, 3.63) is 30.1 Å². The zero-order valence-corrected chi connectivity index (χ0v) is 14.2. The normalized spacial score (nSPS) is 21.6. The molecule has 1 unspecified atom stereocenters. The summed E-state index contributed by atoms with van der Waals surface area (Å²) in [5.74, 6) is 0. The number of hydrogen-bond donors (Lipinski definition) is 4. The minimum absolute atomic E-state index is 0.610. The van der Waals surface area contributed by atoms with Gasteiger partial charge in [0.15, 0.2) is 0 Å². The van der Waals surface area contributed by atoms with E-state index in [1.54, 1.807) is 0 Å². The van der Waals surface area contributed by atoms with Crippen LogP contribution in [0.25, 0.3) is 0 Å². The largest absolute Gasteiger partial charge is 0.394 e. The molecule has 2 aliphatic rings. The summed E-state index contributed by atoms with van der Waals surface area (Å²) in [4.78, 5) is 6.54. The average molecular weight is 346 g/mol. The van der Waals surface area contributed by atoms with Crippen molar-refractivity contribution in [1.29, 1.82) is 0 Å². The lowest BCUT2D eigenvalue weighted by molar-refractivity contribution is 0.317. The predicted molar refractivity (Wildman–Crippen MR) is 88.8 cm³/mol. The van der Waals surface area contributed by atoms with Gasteiger partial charge in [-0.15, -0.1) is 0 Å². The summed E-state index contributed by atoms with van der Waals surface area (Å²) < 4.78 is 31.6. The van der Waals surface area contributed by atoms with Crippen molar-refractivity contribution < 1.29 is 17.5 Å². The molecule has 1 aromatic rings. The van der Waals surface area contributed by atoms with E-state index in [4.69, 9.17) is 17.5 Å². The predicted octanol–water partition coefficient (Wildman–Crippen LogP) is 0.375. The molecule has 9 heteroatoms. The summed E-state index contributed by atoms with van der Waals surface area (Å²) in [7, 11) is -2.48. The highest BCUT2D eigenvalue weighted by Crippen LogP contribution is 2.29. The molecule has 3 rings (SSSR count). The Labute approximate surface area is 137 Å². The average Bonchev–Trinajstić information content (AvgIpc) is 2.95. The Bertz CT molecular complexity index is 503. The molecule has 8 nitrogen and oxygen atoms in total. The second kappa shape index (κ2) is 10.6. The fourth-order valence-corrected chi connectivity index (χ4v) is 2.51. The molecular formula is C14H26N4O4S. The molecule has 2 saturated heterocycles. The van der Waals surface area contributed by atoms with Crippen molar-refractivity contribution >= 4 is 10.4 Å². The Hall–Kier alpha value is -1.10. The van der Waals surface area contributed by atoms with Crippen LogP contribution in [0.15, 0.2) is 24.5 Å². The molecule has 4 N–H and O–H groups in total. The molecule has 3 heterocycles. The summed E-state index contributed by atoms with van der Waals surface area (Å²) in [5.41, 5.74) is 1.36. The summed E-state index contributed by atoms with van der Waals surface area (Å²) in [5, 5.41) is 6.44. The molecule has 1 atom stereocenters. The van der Waals surface area contributed by atoms with Crippen LogP contribution in [0, 0.1) is 0 Å². The maximum Gasteiger partial charge on any atom is 0.394 e. The van der Waals surface area contributed by atoms with Crippen LogP contribution in [0.1, 0.15) is 24.4 Å². The Morgan fingerprint density at radius 3 is 2.13 bits per heavy atom. The summed E-state index contributed by atoms with van der Waals surface area (Å²) in [6, 6.07) is 4.79. The van der Waals surface area contributed by atoms with Crippen LogP contribution in [0.2, 0.25) is 0 Å². The van der Waals surface area contributed by atoms with Gasteiger partial charge in [-0.3, -0.25) is 19.0 Å². The minimum Gasteiger partial charge on any atom is -0.314 e. The van der Waals surface area contributed by atoms with Crippen molar-refractivity contribution in [3.63, 3.8) is 0 Å². The van der Waals surface area contributed by atoms with E-state index in [9.17, 15) is 0 Å². The van der Waals surface area contributed by atoms with Crippen LogP contribution >= 0.6 is 0 Å². The summed E-state index contributed by atoms with van der Waals surface area (Å²) in [6.45, 7) is 5.78. The third kappa shape index (κ3) is 10.3. The lowest BCUT2D eigenvalue weighted by Crippen LogP contribution is -2.39. The van der Waals surface area contributed by atoms with Gasteiger partial charge in [-0.1, -0.05) is 6.07 Å². The molecule has 0 amide bonds. The molecule has 0 saturated carbocycles. The SMILES string of the molecule is C1CNCCN1.CN1CCCC1c1cccnc1.O=S(=O)(O)O. The number of piperazine rings is 1. The molecule has 2 aliphatic heterocycles. The van der Waals surface area contributed by atoms with Gasteiger partial charge >= 0.3 is 10.4 Å². The van der Waals surface area contributed by atoms with Crippen LogP contribution in [-0.4, -0.2) is 67.2 Å². The maximum atomic E-state index is 8.74. The van der Waals surface area contributed by atoms with Crippen molar-refractivity contribution in [2.24, 2.45) is 0 Å². The number of likely N-dealkylation sites (tertiary alicyclic amines) is 1. The zero-order valence-electron chi connectivity index (χ0n) is 13.4. The fraction of sp³-hybridized carbons (Fsp3) is 0.643. The molecule has 0 bridgehead atoms. The third-order valence-corrected chi connectivity index (χ3v) is 3.55. The Morgan fingerprint density at radius 1 is 1.22 bits per heavy atom. The van der Waals surface area contributed by atoms with Gasteiger partial charge < -0.3 is 10.6 Å². The van der Waals surface area contributed by atoms with Gasteiger partial charge in [0.2, 0.25) is 0 Å². The van der Waals surface area contributed by atoms with E-state index in [0.29, 0.717) is 6.04 Å². The molecule has 0 aliphatic carbocycles. The number of nitrogens with one attached hydrogen (secondary N) is 2. The smallest absolute Gasteiger partial charge is 0.314 e. The molecule has 2 fully saturated rings. The lowest BCUT2D eigenvalue weighted by atomic mass is 10.1. The van der Waals surface area contributed by atoms with Crippen LogP contribution in [0.5, 0.6) is 0 Å². The minimum atomic E-state index is -4.67. The van der Waals surface area contributed by atoms with E-state index in [2.05, 4.69) is 33.6 Å². The third-order valence-electron chi connectivity index (χ3n) is 3.55. The monoisotopic (exact) mass is 346 g/mol. The topological polar surface area (TPSA) is 115 Å². The van der Waals surface area contributed by atoms with Crippen LogP contribution in [0.4, 0.5) is 0 Å². The van der Waals surface area contributed by atoms with Gasteiger partial charge in [0.1, 0.15) is 0 Å². The van der Waals surface area contributed by atoms with Crippen LogP contribution in [0.3, 0.4) is 0 Å². The van der Waals surface area contributed by atoms with E-state index in [-0.39, 0.29) is 0 Å². The van der Waals surface area contributed by atoms with Crippen molar-refractivity contribution in [2.45, 2.75) is 18.9 Å². The van der Waals surface area contributed by atoms with Gasteiger partial charge in [0.25, 0.3) is 0 Å². The Kier molecular flexibility index (Phi) is 9.22. The highest BCUT2D eigenvalue weighted by atomic mass is 32.3. The van der Waals surface area contributed by atoms with Gasteiger partial charge in [0, 0.05) is 44.6 Å². The lowest BCUT2D eigenvalue weighted by Gasteiger charge is -2.18. The second-order valence-corrected chi connectivity index (χ2v) is 6.27. The first-order valence-corrected chi connectivity index (χ1v) is 8.99. The van der Waals surface area contributed by atoms with E-state index in [1.165, 1.54) is 24.9 Å². The van der Waals surface area contributed by atoms with Crippen molar-refractivity contribution in [1.82, 2.24) is 20.5 Å². The number of pyridine rings is 1. The van der Waals surface area contributed by atoms with Gasteiger partial charge in [-0.25, -0.2) is 0 Å². The first kappa shape index (κ1) is 19.9. The first-order chi connectivity index (χ1) is 10.9. The second-order valence-electron chi connectivity index (χ2n) is 5.37. The van der Waals surface area contributed by atoms with E-state index < -0.39 is 10.4 Å². The van der Waals surface area contributed by atoms with Crippen molar-refractivity contribution in [3.8, 4) is 0 Å². The van der Waals surface area contributed by atoms with Gasteiger partial charge in [-0.05, 0) is 38.1 Å². The van der Waals surface area contributed by atoms with E-state index >= 15 is 0 Å². The molecular weight excluding hydrogens is 320 g/mol. The molecule has 132 valence electrons. The molecule has 0 spiro atoms. The van der Waals surface area contributed by atoms with Crippen LogP contribution < -0.4 is 10.6 Å². The molecule has 0 aromatic carbocycles. The number of rotatable bonds is 1. The summed E-state index contributed by atoms with van der Waals surface area (Å²) in [6.07, 6.45) is 6.41. The van der Waals surface area contributed by atoms with E-state index in [1.807, 2.05) is 18.5 Å². The van der Waals surface area contributed by atoms with Crippen molar-refractivity contribution in [2.75, 3.05) is 39.8 Å². The number of aromatic nitrogens is 1. The Balaban J connectivity index is 0.000000202. The van der Waals surface area contributed by atoms with Crippen LogP contribution in [-0.2, 0) is 10.4 Å². The number of hydrogen-bond acceptors (Lipinski definition) is 6. The highest BCUT2D eigenvalue weighted by Gasteiger charge is 2.21. The molecule has 0 radical (unpaired) electrons. The fourth-order valence-electron chi connectivity index (χ4n) is 2.51. The summed E-state index contributed by atoms with van der Waals surface area (Å²) >= 11 is 0. The van der Waals surface area contributed by atoms with Gasteiger partial charge in [-0.2, -0.15) is 8.42 Å². The van der Waals surface area contributed by atoms with Gasteiger partial charge in [0.05, 0.1) is 0 Å². The highest BCUT2D eigenvalue weighted by molar-refractivity contribution is 7.79. The standard InChI is InChI=1S/C10H14N2.C4H10N2.H2O4S/c1-12-7-3-5-10(12)9-4-2-6-11-8-9;1-2-6-4-3-5-1;1-5(2,3)4/h2,4,6,8,10H,3,5,7H2,1H3;5-6H,1-4H2;(H2,1,2,3,4). The molecule has 1 aromatic heterocycles. The Morgan fingerprint density at radius 2 is 1.78 bits per heavy atom. The maximum absolute atomic E-state index is 8.74. The molecule has 23 heavy (non-hydrogen) atoms.